The quantitative estimate of drug-likeness (QED) is 0.480. The second-order valence-corrected chi connectivity index (χ2v) is 3.41. The second-order valence-electron chi connectivity index (χ2n) is 3.41. The van der Waals surface area contributed by atoms with Gasteiger partial charge in [-0.15, -0.1) is 0 Å². The van der Waals surface area contributed by atoms with Crippen molar-refractivity contribution in [3.8, 4) is 0 Å². The summed E-state index contributed by atoms with van der Waals surface area (Å²) in [4.78, 5) is 9.90. The van der Waals surface area contributed by atoms with Crippen LogP contribution < -0.4 is 5.73 Å². The van der Waals surface area contributed by atoms with E-state index in [1.54, 1.807) is 0 Å². The SMILES string of the molecule is NC1(C[N+](=O)[O-])CCCCC1. The molecule has 0 bridgehead atoms. The number of hydrogen-bond acceptors (Lipinski definition) is 3. The monoisotopic (exact) mass is 158 g/mol. The molecule has 0 saturated heterocycles. The Balaban J connectivity index is 2.43. The average Bonchev–Trinajstić information content (AvgIpc) is 1.85. The molecular formula is C7H14N2O2. The first-order valence-corrected chi connectivity index (χ1v) is 4.03. The highest BCUT2D eigenvalue weighted by molar-refractivity contribution is 4.86. The van der Waals surface area contributed by atoms with Gasteiger partial charge < -0.3 is 5.73 Å². The molecule has 0 atom stereocenters. The Hall–Kier alpha value is -0.640. The smallest absolute Gasteiger partial charge is 0.221 e. The maximum absolute atomic E-state index is 10.2. The van der Waals surface area contributed by atoms with E-state index in [0.717, 1.165) is 25.7 Å². The molecular weight excluding hydrogens is 144 g/mol. The van der Waals surface area contributed by atoms with Crippen LogP contribution in [0.5, 0.6) is 0 Å². The molecule has 64 valence electrons. The van der Waals surface area contributed by atoms with Crippen molar-refractivity contribution in [1.29, 1.82) is 0 Å². The van der Waals surface area contributed by atoms with E-state index in [4.69, 9.17) is 5.73 Å². The molecule has 1 aliphatic carbocycles. The minimum Gasteiger partial charge on any atom is -0.320 e. The maximum atomic E-state index is 10.2. The summed E-state index contributed by atoms with van der Waals surface area (Å²) in [5.41, 5.74) is 5.32. The molecule has 0 aromatic carbocycles. The third kappa shape index (κ3) is 2.46. The van der Waals surface area contributed by atoms with Crippen LogP contribution >= 0.6 is 0 Å². The molecule has 0 aromatic heterocycles. The third-order valence-corrected chi connectivity index (χ3v) is 2.29. The van der Waals surface area contributed by atoms with Gasteiger partial charge in [-0.3, -0.25) is 10.1 Å². The minimum atomic E-state index is -0.498. The molecule has 0 unspecified atom stereocenters. The van der Waals surface area contributed by atoms with Gasteiger partial charge in [-0.2, -0.15) is 0 Å². The van der Waals surface area contributed by atoms with Gasteiger partial charge in [0.1, 0.15) is 0 Å². The van der Waals surface area contributed by atoms with E-state index in [1.807, 2.05) is 0 Å². The van der Waals surface area contributed by atoms with Crippen LogP contribution in [0.1, 0.15) is 32.1 Å². The molecule has 1 saturated carbocycles. The van der Waals surface area contributed by atoms with Crippen LogP contribution in [0.15, 0.2) is 0 Å². The first-order valence-electron chi connectivity index (χ1n) is 4.03. The van der Waals surface area contributed by atoms with Gasteiger partial charge >= 0.3 is 0 Å². The van der Waals surface area contributed by atoms with Gasteiger partial charge in [-0.05, 0) is 12.8 Å². The second kappa shape index (κ2) is 3.17. The summed E-state index contributed by atoms with van der Waals surface area (Å²) in [6.45, 7) is -0.0625. The molecule has 0 spiro atoms. The predicted octanol–water partition coefficient (Wildman–Crippen LogP) is 0.925. The minimum absolute atomic E-state index is 0.0625. The van der Waals surface area contributed by atoms with Crippen molar-refractivity contribution in [3.63, 3.8) is 0 Å². The summed E-state index contributed by atoms with van der Waals surface area (Å²) in [5, 5.41) is 10.2. The molecule has 11 heavy (non-hydrogen) atoms. The molecule has 2 N–H and O–H groups in total. The molecule has 0 amide bonds. The Kier molecular flexibility index (Phi) is 2.44. The Bertz CT molecular complexity index is 153. The fourth-order valence-corrected chi connectivity index (χ4v) is 1.67. The number of nitrogens with two attached hydrogens (primary N) is 1. The van der Waals surface area contributed by atoms with Crippen molar-refractivity contribution in [1.82, 2.24) is 0 Å². The molecule has 1 fully saturated rings. The summed E-state index contributed by atoms with van der Waals surface area (Å²) in [6.07, 6.45) is 4.90. The van der Waals surface area contributed by atoms with Gasteiger partial charge in [-0.1, -0.05) is 19.3 Å². The largest absolute Gasteiger partial charge is 0.320 e. The van der Waals surface area contributed by atoms with Crippen molar-refractivity contribution in [2.24, 2.45) is 5.73 Å². The molecule has 0 heterocycles. The topological polar surface area (TPSA) is 69.2 Å². The number of rotatable bonds is 2. The van der Waals surface area contributed by atoms with Gasteiger partial charge in [0.25, 0.3) is 0 Å². The maximum Gasteiger partial charge on any atom is 0.221 e. The third-order valence-electron chi connectivity index (χ3n) is 2.29. The van der Waals surface area contributed by atoms with Crippen molar-refractivity contribution in [3.05, 3.63) is 10.1 Å². The fourth-order valence-electron chi connectivity index (χ4n) is 1.67. The van der Waals surface area contributed by atoms with Crippen LogP contribution in [-0.2, 0) is 0 Å². The van der Waals surface area contributed by atoms with Crippen molar-refractivity contribution in [2.75, 3.05) is 6.54 Å². The highest BCUT2D eigenvalue weighted by atomic mass is 16.6. The lowest BCUT2D eigenvalue weighted by Crippen LogP contribution is -2.47. The summed E-state index contributed by atoms with van der Waals surface area (Å²) in [5.74, 6) is 0. The first-order chi connectivity index (χ1) is 5.12. The van der Waals surface area contributed by atoms with E-state index < -0.39 is 5.54 Å². The normalized spacial score (nSPS) is 23.0. The molecule has 4 heteroatoms. The van der Waals surface area contributed by atoms with Crippen LogP contribution in [-0.4, -0.2) is 17.0 Å². The zero-order chi connectivity index (χ0) is 8.32. The van der Waals surface area contributed by atoms with E-state index in [0.29, 0.717) is 0 Å². The Morgan fingerprint density at radius 1 is 1.36 bits per heavy atom. The molecule has 4 nitrogen and oxygen atoms in total. The summed E-state index contributed by atoms with van der Waals surface area (Å²) in [6, 6.07) is 0. The lowest BCUT2D eigenvalue weighted by atomic mass is 9.83. The van der Waals surface area contributed by atoms with Gasteiger partial charge in [0, 0.05) is 4.92 Å². The van der Waals surface area contributed by atoms with Gasteiger partial charge in [0.15, 0.2) is 0 Å². The number of nitro groups is 1. The van der Waals surface area contributed by atoms with E-state index in [2.05, 4.69) is 0 Å². The van der Waals surface area contributed by atoms with Crippen LogP contribution in [0.4, 0.5) is 0 Å². The standard InChI is InChI=1S/C7H14N2O2/c8-7(6-9(10)11)4-2-1-3-5-7/h1-6,8H2. The highest BCUT2D eigenvalue weighted by Crippen LogP contribution is 2.25. The van der Waals surface area contributed by atoms with E-state index in [-0.39, 0.29) is 11.5 Å². The molecule has 0 radical (unpaired) electrons. The summed E-state index contributed by atoms with van der Waals surface area (Å²) >= 11 is 0. The zero-order valence-corrected chi connectivity index (χ0v) is 6.58. The summed E-state index contributed by atoms with van der Waals surface area (Å²) in [7, 11) is 0. The Morgan fingerprint density at radius 2 is 1.91 bits per heavy atom. The molecule has 0 aromatic rings. The predicted molar refractivity (Wildman–Crippen MR) is 41.9 cm³/mol. The fraction of sp³-hybridized carbons (Fsp3) is 1.00. The summed E-state index contributed by atoms with van der Waals surface area (Å²) < 4.78 is 0. The molecule has 0 aliphatic heterocycles. The van der Waals surface area contributed by atoms with E-state index in [1.165, 1.54) is 6.42 Å². The first kappa shape index (κ1) is 8.46. The van der Waals surface area contributed by atoms with Gasteiger partial charge in [0.05, 0.1) is 5.54 Å². The lowest BCUT2D eigenvalue weighted by molar-refractivity contribution is -0.490. The van der Waals surface area contributed by atoms with Crippen molar-refractivity contribution in [2.45, 2.75) is 37.6 Å². The van der Waals surface area contributed by atoms with Gasteiger partial charge in [0.2, 0.25) is 6.54 Å². The van der Waals surface area contributed by atoms with Gasteiger partial charge in [-0.25, -0.2) is 0 Å². The van der Waals surface area contributed by atoms with Crippen molar-refractivity contribution < 1.29 is 4.92 Å². The highest BCUT2D eigenvalue weighted by Gasteiger charge is 2.32. The average molecular weight is 158 g/mol. The number of nitrogens with zero attached hydrogens (tertiary/aromatic N) is 1. The van der Waals surface area contributed by atoms with E-state index in [9.17, 15) is 10.1 Å². The van der Waals surface area contributed by atoms with Crippen molar-refractivity contribution >= 4 is 0 Å². The Labute approximate surface area is 65.9 Å². The zero-order valence-electron chi connectivity index (χ0n) is 6.58. The number of hydrogen-bond donors (Lipinski definition) is 1. The molecule has 1 aliphatic rings. The van der Waals surface area contributed by atoms with Crippen LogP contribution in [0.2, 0.25) is 0 Å². The van der Waals surface area contributed by atoms with E-state index >= 15 is 0 Å². The Morgan fingerprint density at radius 3 is 2.36 bits per heavy atom. The van der Waals surface area contributed by atoms with Crippen LogP contribution in [0.25, 0.3) is 0 Å². The van der Waals surface area contributed by atoms with Crippen LogP contribution in [0.3, 0.4) is 0 Å². The molecule has 1 rings (SSSR count). The lowest BCUT2D eigenvalue weighted by Gasteiger charge is -2.28. The van der Waals surface area contributed by atoms with Crippen LogP contribution in [0, 0.1) is 10.1 Å².